The minimum absolute atomic E-state index is 0.0448. The molecule has 0 aliphatic carbocycles. The number of hydrogen-bond acceptors (Lipinski definition) is 7. The lowest BCUT2D eigenvalue weighted by Crippen LogP contribution is -2.29. The Hall–Kier alpha value is -1.77. The maximum atomic E-state index is 12.4. The van der Waals surface area contributed by atoms with Gasteiger partial charge in [-0.3, -0.25) is 14.1 Å². The molecule has 0 aliphatic heterocycles. The van der Waals surface area contributed by atoms with Crippen LogP contribution in [-0.4, -0.2) is 52.3 Å². The molecule has 0 rings (SSSR count). The second-order valence-corrected chi connectivity index (χ2v) is 14.3. The van der Waals surface area contributed by atoms with Gasteiger partial charge in [-0.1, -0.05) is 159 Å². The number of carbonyl (C=O) groups is 2. The lowest BCUT2D eigenvalue weighted by molar-refractivity contribution is -0.161. The van der Waals surface area contributed by atoms with Crippen molar-refractivity contribution in [3.05, 3.63) is 36.5 Å². The molecule has 49 heavy (non-hydrogen) atoms. The third kappa shape index (κ3) is 37.3. The van der Waals surface area contributed by atoms with E-state index >= 15 is 0 Å². The highest BCUT2D eigenvalue weighted by atomic mass is 31.2. The SMILES string of the molecule is CCCCCCCC/C=C/C/C=C/C=C/C(O)CCCC(=O)OC[C@H](COP(=O)(O)O)OC(=O)CCCCCCCCCCCCCCC. The fourth-order valence-corrected chi connectivity index (χ4v) is 5.68. The van der Waals surface area contributed by atoms with Crippen molar-refractivity contribution in [3.63, 3.8) is 0 Å². The van der Waals surface area contributed by atoms with E-state index in [0.29, 0.717) is 19.3 Å². The van der Waals surface area contributed by atoms with E-state index < -0.39 is 38.6 Å². The molecule has 9 nitrogen and oxygen atoms in total. The molecule has 0 aromatic heterocycles. The number of unbranched alkanes of at least 4 members (excludes halogenated alkanes) is 18. The lowest BCUT2D eigenvalue weighted by atomic mass is 10.0. The van der Waals surface area contributed by atoms with Gasteiger partial charge in [0.1, 0.15) is 6.61 Å². The number of aliphatic hydroxyl groups is 1. The number of allylic oxidation sites excluding steroid dienone is 5. The van der Waals surface area contributed by atoms with Crippen LogP contribution in [0.4, 0.5) is 0 Å². The number of phosphoric acid groups is 1. The van der Waals surface area contributed by atoms with Crippen LogP contribution in [-0.2, 0) is 28.2 Å². The Kier molecular flexibility index (Phi) is 33.4. The number of ether oxygens (including phenoxy) is 2. The number of carbonyl (C=O) groups excluding carboxylic acids is 2. The molecule has 0 aliphatic rings. The molecule has 3 N–H and O–H groups in total. The van der Waals surface area contributed by atoms with Crippen molar-refractivity contribution < 1.29 is 43.0 Å². The summed E-state index contributed by atoms with van der Waals surface area (Å²) in [5.41, 5.74) is 0. The highest BCUT2D eigenvalue weighted by molar-refractivity contribution is 7.46. The van der Waals surface area contributed by atoms with Gasteiger partial charge in [-0.2, -0.15) is 0 Å². The summed E-state index contributed by atoms with van der Waals surface area (Å²) < 4.78 is 26.2. The molecule has 0 heterocycles. The minimum atomic E-state index is -4.79. The molecule has 0 aromatic rings. The molecule has 0 saturated heterocycles. The van der Waals surface area contributed by atoms with Crippen LogP contribution in [0.15, 0.2) is 36.5 Å². The van der Waals surface area contributed by atoms with Crippen LogP contribution in [0.1, 0.15) is 174 Å². The molecule has 10 heteroatoms. The number of hydrogen-bond donors (Lipinski definition) is 3. The summed E-state index contributed by atoms with van der Waals surface area (Å²) in [5, 5.41) is 10.2. The molecule has 0 fully saturated rings. The zero-order chi connectivity index (χ0) is 36.3. The average Bonchev–Trinajstić information content (AvgIpc) is 3.06. The summed E-state index contributed by atoms with van der Waals surface area (Å²) >= 11 is 0. The maximum Gasteiger partial charge on any atom is 0.469 e. The van der Waals surface area contributed by atoms with Gasteiger partial charge in [0.15, 0.2) is 6.10 Å². The maximum absolute atomic E-state index is 12.4. The first-order chi connectivity index (χ1) is 23.7. The standard InChI is InChI=1S/C39H71O9P/c1-3-5-7-9-11-13-15-17-19-21-23-25-27-30-36(40)31-29-33-38(41)46-34-37(35-47-49(43,44)45)48-39(42)32-28-26-24-22-20-18-16-14-12-10-8-6-4-2/h17,19,23,25,27,30,36-37,40H,3-16,18,20-22,24,26,28-29,31-35H2,1-2H3,(H2,43,44,45)/b19-17+,25-23+,30-27+/t36?,37-/m1/s1. The Balaban J connectivity index is 4.14. The number of rotatable bonds is 35. The van der Waals surface area contributed by atoms with Crippen molar-refractivity contribution >= 4 is 19.8 Å². The van der Waals surface area contributed by atoms with Gasteiger partial charge in [-0.05, 0) is 38.5 Å². The summed E-state index contributed by atoms with van der Waals surface area (Å²) in [5.74, 6) is -1.08. The number of phosphoric ester groups is 1. The second-order valence-electron chi connectivity index (χ2n) is 13.1. The molecule has 0 radical (unpaired) electrons. The molecule has 0 spiro atoms. The second kappa shape index (κ2) is 34.7. The predicted octanol–water partition coefficient (Wildman–Crippen LogP) is 10.4. The van der Waals surface area contributed by atoms with Crippen molar-refractivity contribution in [1.82, 2.24) is 0 Å². The topological polar surface area (TPSA) is 140 Å². The molecule has 0 saturated carbocycles. The molecule has 0 bridgehead atoms. The zero-order valence-electron chi connectivity index (χ0n) is 30.9. The van der Waals surface area contributed by atoms with Crippen LogP contribution in [0.25, 0.3) is 0 Å². The first-order valence-electron chi connectivity index (χ1n) is 19.4. The first-order valence-corrected chi connectivity index (χ1v) is 20.9. The van der Waals surface area contributed by atoms with E-state index in [0.717, 1.165) is 32.1 Å². The van der Waals surface area contributed by atoms with Crippen molar-refractivity contribution in [1.29, 1.82) is 0 Å². The van der Waals surface area contributed by atoms with Gasteiger partial charge in [0.2, 0.25) is 0 Å². The summed E-state index contributed by atoms with van der Waals surface area (Å²) in [6.07, 6.45) is 36.1. The van der Waals surface area contributed by atoms with Gasteiger partial charge in [0.25, 0.3) is 0 Å². The largest absolute Gasteiger partial charge is 0.469 e. The van der Waals surface area contributed by atoms with Crippen LogP contribution in [0.3, 0.4) is 0 Å². The monoisotopic (exact) mass is 714 g/mol. The van der Waals surface area contributed by atoms with E-state index in [1.807, 2.05) is 12.2 Å². The van der Waals surface area contributed by atoms with Gasteiger partial charge < -0.3 is 24.4 Å². The lowest BCUT2D eigenvalue weighted by Gasteiger charge is -2.18. The van der Waals surface area contributed by atoms with Crippen LogP contribution < -0.4 is 0 Å². The van der Waals surface area contributed by atoms with Gasteiger partial charge in [-0.15, -0.1) is 0 Å². The Morgan fingerprint density at radius 1 is 0.633 bits per heavy atom. The van der Waals surface area contributed by atoms with Crippen molar-refractivity contribution in [2.45, 2.75) is 187 Å². The zero-order valence-corrected chi connectivity index (χ0v) is 31.8. The molecule has 286 valence electrons. The Morgan fingerprint density at radius 3 is 1.73 bits per heavy atom. The molecular weight excluding hydrogens is 643 g/mol. The fraction of sp³-hybridized carbons (Fsp3) is 0.795. The average molecular weight is 715 g/mol. The van der Waals surface area contributed by atoms with Crippen molar-refractivity contribution in [2.75, 3.05) is 13.2 Å². The van der Waals surface area contributed by atoms with E-state index in [2.05, 4.69) is 30.5 Å². The molecular formula is C39H71O9P. The Morgan fingerprint density at radius 2 is 1.16 bits per heavy atom. The third-order valence-corrected chi connectivity index (χ3v) is 8.75. The quantitative estimate of drug-likeness (QED) is 0.0192. The summed E-state index contributed by atoms with van der Waals surface area (Å²) in [6.45, 7) is 3.50. The number of esters is 2. The van der Waals surface area contributed by atoms with E-state index in [9.17, 15) is 19.3 Å². The van der Waals surface area contributed by atoms with E-state index in [-0.39, 0.29) is 19.4 Å². The Labute approximate surface area is 298 Å². The molecule has 2 atom stereocenters. The van der Waals surface area contributed by atoms with Crippen LogP contribution in [0.5, 0.6) is 0 Å². The third-order valence-electron chi connectivity index (χ3n) is 8.27. The van der Waals surface area contributed by atoms with E-state index in [1.165, 1.54) is 96.3 Å². The Bertz CT molecular complexity index is 912. The predicted molar refractivity (Wildman–Crippen MR) is 199 cm³/mol. The summed E-state index contributed by atoms with van der Waals surface area (Å²) in [6, 6.07) is 0. The molecule has 0 amide bonds. The van der Waals surface area contributed by atoms with E-state index in [1.54, 1.807) is 12.2 Å². The highest BCUT2D eigenvalue weighted by Gasteiger charge is 2.23. The van der Waals surface area contributed by atoms with Crippen molar-refractivity contribution in [2.24, 2.45) is 0 Å². The van der Waals surface area contributed by atoms with Crippen LogP contribution in [0.2, 0.25) is 0 Å². The summed E-state index contributed by atoms with van der Waals surface area (Å²) in [4.78, 5) is 42.7. The van der Waals surface area contributed by atoms with Crippen LogP contribution >= 0.6 is 7.82 Å². The minimum Gasteiger partial charge on any atom is -0.462 e. The number of aliphatic hydroxyl groups excluding tert-OH is 1. The molecule has 0 aromatic carbocycles. The van der Waals surface area contributed by atoms with E-state index in [4.69, 9.17) is 19.3 Å². The normalized spacial score (nSPS) is 13.5. The van der Waals surface area contributed by atoms with Gasteiger partial charge in [-0.25, -0.2) is 4.57 Å². The van der Waals surface area contributed by atoms with Crippen molar-refractivity contribution in [3.8, 4) is 0 Å². The van der Waals surface area contributed by atoms with Crippen LogP contribution in [0, 0.1) is 0 Å². The summed E-state index contributed by atoms with van der Waals surface area (Å²) in [7, 11) is -4.79. The first kappa shape index (κ1) is 47.2. The highest BCUT2D eigenvalue weighted by Crippen LogP contribution is 2.36. The molecule has 1 unspecified atom stereocenters. The van der Waals surface area contributed by atoms with Gasteiger partial charge in [0.05, 0.1) is 12.7 Å². The van der Waals surface area contributed by atoms with Gasteiger partial charge in [0, 0.05) is 12.8 Å². The fourth-order valence-electron chi connectivity index (χ4n) is 5.32. The smallest absolute Gasteiger partial charge is 0.462 e. The van der Waals surface area contributed by atoms with Gasteiger partial charge >= 0.3 is 19.8 Å².